The molecule has 11 heavy (non-hydrogen) atoms. The van der Waals surface area contributed by atoms with Crippen LogP contribution in [0.4, 0.5) is 0 Å². The van der Waals surface area contributed by atoms with E-state index < -0.39 is 12.0 Å². The Morgan fingerprint density at radius 1 is 1.91 bits per heavy atom. The van der Waals surface area contributed by atoms with E-state index >= 15 is 0 Å². The Bertz CT molecular complexity index is 165. The number of nitriles is 1. The molecule has 1 atom stereocenters. The molecule has 0 aliphatic carbocycles. The van der Waals surface area contributed by atoms with Crippen LogP contribution < -0.4 is 11.4 Å². The van der Waals surface area contributed by atoms with E-state index in [9.17, 15) is 4.79 Å². The Morgan fingerprint density at radius 2 is 2.55 bits per heavy atom. The van der Waals surface area contributed by atoms with Gasteiger partial charge in [0, 0.05) is 0 Å². The third-order valence-corrected chi connectivity index (χ3v) is 0.837. The van der Waals surface area contributed by atoms with Crippen molar-refractivity contribution in [1.29, 1.82) is 5.26 Å². The molecule has 0 aromatic carbocycles. The molecule has 0 spiro atoms. The highest BCUT2D eigenvalue weighted by Crippen LogP contribution is 1.86. The molecule has 0 amide bonds. The first-order chi connectivity index (χ1) is 5.26. The molecule has 1 unspecified atom stereocenters. The average Bonchev–Trinajstić information content (AvgIpc) is 2.00. The van der Waals surface area contributed by atoms with Gasteiger partial charge in [0.1, 0.15) is 0 Å². The molecule has 0 radical (unpaired) electrons. The van der Waals surface area contributed by atoms with Crippen molar-refractivity contribution in [1.82, 2.24) is 5.48 Å². The zero-order valence-corrected chi connectivity index (χ0v) is 6.03. The van der Waals surface area contributed by atoms with Crippen LogP contribution in [-0.2, 0) is 14.5 Å². The van der Waals surface area contributed by atoms with Crippen molar-refractivity contribution >= 4 is 5.97 Å². The maximum atomic E-state index is 10.7. The first-order valence-electron chi connectivity index (χ1n) is 2.93. The summed E-state index contributed by atoms with van der Waals surface area (Å²) in [6.45, 7) is 1.85. The van der Waals surface area contributed by atoms with E-state index in [1.165, 1.54) is 0 Å². The second kappa shape index (κ2) is 5.61. The molecule has 62 valence electrons. The van der Waals surface area contributed by atoms with Gasteiger partial charge in [0.2, 0.25) is 6.04 Å². The molecule has 0 aliphatic heterocycles. The summed E-state index contributed by atoms with van der Waals surface area (Å²) < 4.78 is 4.49. The number of hydrogen-bond donors (Lipinski definition) is 2. The number of hydrogen-bond acceptors (Lipinski definition) is 6. The lowest BCUT2D eigenvalue weighted by Crippen LogP contribution is -2.38. The first kappa shape index (κ1) is 9.84. The summed E-state index contributed by atoms with van der Waals surface area (Å²) in [4.78, 5) is 14.6. The molecular formula is C5H9N3O3. The predicted molar refractivity (Wildman–Crippen MR) is 34.4 cm³/mol. The Labute approximate surface area is 63.8 Å². The highest BCUT2D eigenvalue weighted by Gasteiger charge is 2.17. The molecule has 0 aromatic heterocycles. The number of carbonyl (C=O) groups excluding carboxylic acids is 1. The summed E-state index contributed by atoms with van der Waals surface area (Å²) in [6, 6.07) is 0.430. The fourth-order valence-corrected chi connectivity index (χ4v) is 0.421. The maximum absolute atomic E-state index is 10.7. The van der Waals surface area contributed by atoms with Crippen LogP contribution in [0.25, 0.3) is 0 Å². The smallest absolute Gasteiger partial charge is 0.340 e. The van der Waals surface area contributed by atoms with E-state index in [-0.39, 0.29) is 6.61 Å². The summed E-state index contributed by atoms with van der Waals surface area (Å²) in [7, 11) is 0. The fraction of sp³-hybridized carbons (Fsp3) is 0.600. The number of nitrogens with one attached hydrogen (secondary N) is 1. The van der Waals surface area contributed by atoms with Gasteiger partial charge >= 0.3 is 5.97 Å². The molecule has 0 aromatic rings. The number of ether oxygens (including phenoxy) is 1. The van der Waals surface area contributed by atoms with Gasteiger partial charge in [-0.3, -0.25) is 0 Å². The standard InChI is InChI=1S/C5H9N3O3/c1-2-10-5(9)4(3-6)8-11-7/h4,8H,2,7H2,1H3. The van der Waals surface area contributed by atoms with E-state index in [2.05, 4.69) is 15.6 Å². The van der Waals surface area contributed by atoms with E-state index in [0.717, 1.165) is 0 Å². The Morgan fingerprint density at radius 3 is 2.91 bits per heavy atom. The van der Waals surface area contributed by atoms with Crippen LogP contribution in [0.1, 0.15) is 6.92 Å². The molecule has 3 N–H and O–H groups in total. The third kappa shape index (κ3) is 3.52. The van der Waals surface area contributed by atoms with Gasteiger partial charge in [-0.1, -0.05) is 0 Å². The van der Waals surface area contributed by atoms with E-state index in [1.807, 2.05) is 5.48 Å². The second-order valence-corrected chi connectivity index (χ2v) is 1.55. The van der Waals surface area contributed by atoms with Crippen molar-refractivity contribution in [3.8, 4) is 6.07 Å². The number of hydroxylamine groups is 1. The number of nitrogens with two attached hydrogens (primary N) is 1. The highest BCUT2D eigenvalue weighted by atomic mass is 16.8. The van der Waals surface area contributed by atoms with Crippen LogP contribution in [0.5, 0.6) is 0 Å². The van der Waals surface area contributed by atoms with Crippen LogP contribution >= 0.6 is 0 Å². The molecule has 0 heterocycles. The summed E-state index contributed by atoms with van der Waals surface area (Å²) in [5, 5.41) is 8.31. The normalized spacial score (nSPS) is 11.7. The van der Waals surface area contributed by atoms with Crippen LogP contribution in [-0.4, -0.2) is 18.6 Å². The molecule has 0 aliphatic rings. The zero-order valence-electron chi connectivity index (χ0n) is 6.03. The van der Waals surface area contributed by atoms with Crippen molar-refractivity contribution in [2.75, 3.05) is 6.61 Å². The molecule has 0 bridgehead atoms. The summed E-state index contributed by atoms with van der Waals surface area (Å²) >= 11 is 0. The Kier molecular flexibility index (Phi) is 5.02. The number of carbonyl (C=O) groups is 1. The maximum Gasteiger partial charge on any atom is 0.340 e. The highest BCUT2D eigenvalue weighted by molar-refractivity contribution is 5.78. The molecule has 0 saturated heterocycles. The molecule has 6 nitrogen and oxygen atoms in total. The minimum Gasteiger partial charge on any atom is -0.464 e. The van der Waals surface area contributed by atoms with Gasteiger partial charge in [0.15, 0.2) is 0 Å². The minimum atomic E-state index is -1.17. The van der Waals surface area contributed by atoms with Crippen molar-refractivity contribution in [2.24, 2.45) is 5.90 Å². The van der Waals surface area contributed by atoms with Crippen LogP contribution in [0.15, 0.2) is 0 Å². The van der Waals surface area contributed by atoms with Gasteiger partial charge in [-0.15, -0.1) is 0 Å². The van der Waals surface area contributed by atoms with Gasteiger partial charge < -0.3 is 4.74 Å². The van der Waals surface area contributed by atoms with Crippen molar-refractivity contribution in [3.05, 3.63) is 0 Å². The molecule has 6 heteroatoms. The second-order valence-electron chi connectivity index (χ2n) is 1.55. The fourth-order valence-electron chi connectivity index (χ4n) is 0.421. The van der Waals surface area contributed by atoms with E-state index in [1.54, 1.807) is 13.0 Å². The van der Waals surface area contributed by atoms with Gasteiger partial charge in [-0.05, 0) is 6.92 Å². The van der Waals surface area contributed by atoms with E-state index in [4.69, 9.17) is 5.26 Å². The lowest BCUT2D eigenvalue weighted by molar-refractivity contribution is -0.148. The van der Waals surface area contributed by atoms with Gasteiger partial charge in [0.25, 0.3) is 0 Å². The molecule has 0 fully saturated rings. The van der Waals surface area contributed by atoms with E-state index in [0.29, 0.717) is 0 Å². The minimum absolute atomic E-state index is 0.212. The number of rotatable bonds is 4. The third-order valence-electron chi connectivity index (χ3n) is 0.837. The van der Waals surface area contributed by atoms with Crippen molar-refractivity contribution in [2.45, 2.75) is 13.0 Å². The van der Waals surface area contributed by atoms with Crippen LogP contribution in [0, 0.1) is 11.3 Å². The van der Waals surface area contributed by atoms with Gasteiger partial charge in [0.05, 0.1) is 12.7 Å². The first-order valence-corrected chi connectivity index (χ1v) is 2.93. The summed E-state index contributed by atoms with van der Waals surface area (Å²) in [6.07, 6.45) is 0. The topological polar surface area (TPSA) is 97.4 Å². The number of nitrogens with zero attached hydrogens (tertiary/aromatic N) is 1. The number of esters is 1. The Balaban J connectivity index is 3.84. The monoisotopic (exact) mass is 159 g/mol. The zero-order chi connectivity index (χ0) is 8.69. The van der Waals surface area contributed by atoms with Crippen LogP contribution in [0.3, 0.4) is 0 Å². The molecule has 0 saturated carbocycles. The quantitative estimate of drug-likeness (QED) is 0.396. The SMILES string of the molecule is CCOC(=O)C(C#N)NON. The van der Waals surface area contributed by atoms with Crippen LogP contribution in [0.2, 0.25) is 0 Å². The summed E-state index contributed by atoms with van der Waals surface area (Å²) in [5.41, 5.74) is 1.96. The van der Waals surface area contributed by atoms with Crippen molar-refractivity contribution < 1.29 is 14.5 Å². The lowest BCUT2D eigenvalue weighted by Gasteiger charge is -2.06. The molecule has 0 rings (SSSR count). The van der Waals surface area contributed by atoms with Gasteiger partial charge in [-0.25, -0.2) is 9.73 Å². The Hall–Kier alpha value is -1.16. The molecular weight excluding hydrogens is 150 g/mol. The van der Waals surface area contributed by atoms with Gasteiger partial charge in [-0.2, -0.15) is 16.6 Å². The largest absolute Gasteiger partial charge is 0.464 e. The lowest BCUT2D eigenvalue weighted by atomic mass is 10.4. The van der Waals surface area contributed by atoms with Crippen molar-refractivity contribution in [3.63, 3.8) is 0 Å². The summed E-state index contributed by atoms with van der Waals surface area (Å²) in [5.74, 6) is 3.86. The average molecular weight is 159 g/mol. The predicted octanol–water partition coefficient (Wildman–Crippen LogP) is -1.16.